The number of rotatable bonds is 4. The van der Waals surface area contributed by atoms with E-state index in [1.54, 1.807) is 6.21 Å². The predicted octanol–water partition coefficient (Wildman–Crippen LogP) is 3.56. The van der Waals surface area contributed by atoms with E-state index in [2.05, 4.69) is 54.5 Å². The molecule has 2 rings (SSSR count). The lowest BCUT2D eigenvalue weighted by molar-refractivity contribution is 0.162. The van der Waals surface area contributed by atoms with Gasteiger partial charge in [0, 0.05) is 12.3 Å². The van der Waals surface area contributed by atoms with E-state index < -0.39 is 0 Å². The molecular formula is C16H24N2O. The average Bonchev–Trinajstić information content (AvgIpc) is 2.42. The molecule has 1 unspecified atom stereocenters. The highest BCUT2D eigenvalue weighted by molar-refractivity contribution is 5.59. The monoisotopic (exact) mass is 260 g/mol. The van der Waals surface area contributed by atoms with Gasteiger partial charge in [-0.05, 0) is 57.2 Å². The van der Waals surface area contributed by atoms with E-state index in [1.165, 1.54) is 18.4 Å². The molecule has 1 fully saturated rings. The first kappa shape index (κ1) is 14.1. The van der Waals surface area contributed by atoms with Gasteiger partial charge < -0.3 is 10.1 Å². The molecule has 104 valence electrons. The molecule has 0 heterocycles. The molecule has 1 aliphatic carbocycles. The molecule has 0 spiro atoms. The Kier molecular flexibility index (Phi) is 4.97. The zero-order valence-electron chi connectivity index (χ0n) is 11.9. The van der Waals surface area contributed by atoms with E-state index in [0.29, 0.717) is 17.9 Å². The highest BCUT2D eigenvalue weighted by atomic mass is 16.4. The van der Waals surface area contributed by atoms with Crippen LogP contribution in [0.2, 0.25) is 0 Å². The maximum atomic E-state index is 8.62. The van der Waals surface area contributed by atoms with Crippen molar-refractivity contribution in [2.75, 3.05) is 14.1 Å². The van der Waals surface area contributed by atoms with E-state index in [1.807, 2.05) is 0 Å². The third-order valence-corrected chi connectivity index (χ3v) is 4.24. The maximum Gasteiger partial charge on any atom is 0.0466 e. The maximum absolute atomic E-state index is 8.62. The van der Waals surface area contributed by atoms with Crippen LogP contribution in [0, 0.1) is 11.8 Å². The minimum atomic E-state index is 0.458. The molecule has 3 heteroatoms. The molecule has 1 N–H and O–H groups in total. The van der Waals surface area contributed by atoms with E-state index in [9.17, 15) is 0 Å². The number of hydrogen-bond donors (Lipinski definition) is 1. The normalized spacial score (nSPS) is 25.8. The van der Waals surface area contributed by atoms with Crippen LogP contribution in [0.15, 0.2) is 35.5 Å². The summed E-state index contributed by atoms with van der Waals surface area (Å²) in [5, 5.41) is 11.8. The predicted molar refractivity (Wildman–Crippen MR) is 78.6 cm³/mol. The van der Waals surface area contributed by atoms with Gasteiger partial charge in [-0.25, -0.2) is 0 Å². The summed E-state index contributed by atoms with van der Waals surface area (Å²) in [5.41, 5.74) is 1.41. The molecule has 3 nitrogen and oxygen atoms in total. The summed E-state index contributed by atoms with van der Waals surface area (Å²) in [5.74, 6) is 1.15. The van der Waals surface area contributed by atoms with Gasteiger partial charge in [0.2, 0.25) is 0 Å². The van der Waals surface area contributed by atoms with Crippen molar-refractivity contribution in [2.45, 2.75) is 31.7 Å². The Balaban J connectivity index is 2.06. The topological polar surface area (TPSA) is 35.8 Å². The summed E-state index contributed by atoms with van der Waals surface area (Å²) >= 11 is 0. The number of oxime groups is 1. The molecule has 0 amide bonds. The van der Waals surface area contributed by atoms with Crippen molar-refractivity contribution in [1.29, 1.82) is 0 Å². The zero-order valence-corrected chi connectivity index (χ0v) is 11.9. The van der Waals surface area contributed by atoms with E-state index in [0.717, 1.165) is 12.8 Å². The minimum absolute atomic E-state index is 0.458. The van der Waals surface area contributed by atoms with E-state index >= 15 is 0 Å². The van der Waals surface area contributed by atoms with Crippen LogP contribution in [-0.2, 0) is 0 Å². The molecular weight excluding hydrogens is 236 g/mol. The molecule has 1 aliphatic rings. The second-order valence-electron chi connectivity index (χ2n) is 5.76. The molecule has 0 aromatic heterocycles. The zero-order chi connectivity index (χ0) is 13.7. The first-order chi connectivity index (χ1) is 9.22. The lowest BCUT2D eigenvalue weighted by atomic mass is 9.76. The van der Waals surface area contributed by atoms with Crippen molar-refractivity contribution >= 4 is 6.21 Å². The summed E-state index contributed by atoms with van der Waals surface area (Å²) in [6.45, 7) is 0. The summed E-state index contributed by atoms with van der Waals surface area (Å²) in [6, 6.07) is 11.3. The minimum Gasteiger partial charge on any atom is -0.411 e. The van der Waals surface area contributed by atoms with Crippen LogP contribution in [0.3, 0.4) is 0 Å². The smallest absolute Gasteiger partial charge is 0.0466 e. The Morgan fingerprint density at radius 3 is 2.32 bits per heavy atom. The van der Waals surface area contributed by atoms with Crippen LogP contribution in [0.5, 0.6) is 0 Å². The number of hydrogen-bond acceptors (Lipinski definition) is 3. The quantitative estimate of drug-likeness (QED) is 0.510. The van der Waals surface area contributed by atoms with Gasteiger partial charge in [0.25, 0.3) is 0 Å². The molecule has 0 aliphatic heterocycles. The van der Waals surface area contributed by atoms with Crippen molar-refractivity contribution in [2.24, 2.45) is 17.0 Å². The molecule has 0 bridgehead atoms. The Bertz CT molecular complexity index is 394. The SMILES string of the molecule is CN(C)C(c1ccccc1)C1CCC(/C=N/O)CC1. The van der Waals surface area contributed by atoms with Gasteiger partial charge >= 0.3 is 0 Å². The van der Waals surface area contributed by atoms with Gasteiger partial charge in [0.05, 0.1) is 0 Å². The van der Waals surface area contributed by atoms with Crippen LogP contribution >= 0.6 is 0 Å². The van der Waals surface area contributed by atoms with Gasteiger partial charge in [-0.1, -0.05) is 30.3 Å². The largest absolute Gasteiger partial charge is 0.411 e. The number of nitrogens with zero attached hydrogens (tertiary/aromatic N) is 2. The van der Waals surface area contributed by atoms with Crippen LogP contribution < -0.4 is 0 Å². The van der Waals surface area contributed by atoms with Crippen LogP contribution in [0.1, 0.15) is 37.3 Å². The molecule has 19 heavy (non-hydrogen) atoms. The van der Waals surface area contributed by atoms with Gasteiger partial charge in [0.15, 0.2) is 0 Å². The second kappa shape index (κ2) is 6.71. The Labute approximate surface area is 115 Å². The second-order valence-corrected chi connectivity index (χ2v) is 5.76. The Hall–Kier alpha value is -1.35. The summed E-state index contributed by atoms with van der Waals surface area (Å²) in [6.07, 6.45) is 6.37. The van der Waals surface area contributed by atoms with Crippen molar-refractivity contribution in [3.05, 3.63) is 35.9 Å². The van der Waals surface area contributed by atoms with Crippen LogP contribution in [-0.4, -0.2) is 30.4 Å². The average molecular weight is 260 g/mol. The third kappa shape index (κ3) is 3.57. The fourth-order valence-electron chi connectivity index (χ4n) is 3.35. The fourth-order valence-corrected chi connectivity index (χ4v) is 3.35. The third-order valence-electron chi connectivity index (χ3n) is 4.24. The van der Waals surface area contributed by atoms with Crippen molar-refractivity contribution in [1.82, 2.24) is 4.90 Å². The standard InChI is InChI=1S/C16H24N2O/c1-18(2)16(14-6-4-3-5-7-14)15-10-8-13(9-11-15)12-17-19/h3-7,12-13,15-16,19H,8-11H2,1-2H3/b17-12+. The number of benzene rings is 1. The van der Waals surface area contributed by atoms with Crippen molar-refractivity contribution in [3.8, 4) is 0 Å². The van der Waals surface area contributed by atoms with Crippen molar-refractivity contribution < 1.29 is 5.21 Å². The summed E-state index contributed by atoms with van der Waals surface area (Å²) < 4.78 is 0. The van der Waals surface area contributed by atoms with Crippen molar-refractivity contribution in [3.63, 3.8) is 0 Å². The van der Waals surface area contributed by atoms with Crippen LogP contribution in [0.4, 0.5) is 0 Å². The summed E-state index contributed by atoms with van der Waals surface area (Å²) in [4.78, 5) is 2.33. The lowest BCUT2D eigenvalue weighted by Crippen LogP contribution is -2.30. The first-order valence-corrected chi connectivity index (χ1v) is 7.11. The first-order valence-electron chi connectivity index (χ1n) is 7.11. The molecule has 1 atom stereocenters. The fraction of sp³-hybridized carbons (Fsp3) is 0.562. The Morgan fingerprint density at radius 1 is 1.16 bits per heavy atom. The lowest BCUT2D eigenvalue weighted by Gasteiger charge is -2.36. The Morgan fingerprint density at radius 2 is 1.79 bits per heavy atom. The van der Waals surface area contributed by atoms with Gasteiger partial charge in [-0.3, -0.25) is 0 Å². The van der Waals surface area contributed by atoms with E-state index in [4.69, 9.17) is 5.21 Å². The summed E-state index contributed by atoms with van der Waals surface area (Å²) in [7, 11) is 4.33. The van der Waals surface area contributed by atoms with Gasteiger partial charge in [-0.2, -0.15) is 0 Å². The molecule has 0 saturated heterocycles. The van der Waals surface area contributed by atoms with Gasteiger partial charge in [-0.15, -0.1) is 5.16 Å². The molecule has 1 aromatic rings. The molecule has 1 saturated carbocycles. The molecule has 0 radical (unpaired) electrons. The van der Waals surface area contributed by atoms with E-state index in [-0.39, 0.29) is 0 Å². The van der Waals surface area contributed by atoms with Gasteiger partial charge in [0.1, 0.15) is 0 Å². The highest BCUT2D eigenvalue weighted by Gasteiger charge is 2.29. The molecule has 1 aromatic carbocycles. The van der Waals surface area contributed by atoms with Crippen LogP contribution in [0.25, 0.3) is 0 Å². The highest BCUT2D eigenvalue weighted by Crippen LogP contribution is 2.38.